The lowest BCUT2D eigenvalue weighted by atomic mass is 9.91. The van der Waals surface area contributed by atoms with E-state index in [0.29, 0.717) is 0 Å². The summed E-state index contributed by atoms with van der Waals surface area (Å²) < 4.78 is 0. The van der Waals surface area contributed by atoms with Gasteiger partial charge in [0.2, 0.25) is 5.91 Å². The molecule has 3 nitrogen and oxygen atoms in total. The van der Waals surface area contributed by atoms with Gasteiger partial charge in [-0.25, -0.2) is 0 Å². The van der Waals surface area contributed by atoms with Gasteiger partial charge in [-0.15, -0.1) is 0 Å². The SMILES string of the molecule is Cc1ccccc1C1(CNC(=O)C2CCCCN2)CC1. The Kier molecular flexibility index (Phi) is 3.79. The van der Waals surface area contributed by atoms with Crippen LogP contribution in [-0.2, 0) is 10.2 Å². The molecule has 108 valence electrons. The summed E-state index contributed by atoms with van der Waals surface area (Å²) in [6.45, 7) is 3.93. The number of carbonyl (C=O) groups excluding carboxylic acids is 1. The summed E-state index contributed by atoms with van der Waals surface area (Å²) in [4.78, 5) is 12.2. The van der Waals surface area contributed by atoms with Crippen LogP contribution >= 0.6 is 0 Å². The molecule has 1 saturated heterocycles. The lowest BCUT2D eigenvalue weighted by Gasteiger charge is -2.25. The van der Waals surface area contributed by atoms with E-state index >= 15 is 0 Å². The molecule has 1 heterocycles. The monoisotopic (exact) mass is 272 g/mol. The van der Waals surface area contributed by atoms with Crippen LogP contribution in [0.15, 0.2) is 24.3 Å². The van der Waals surface area contributed by atoms with Crippen molar-refractivity contribution in [1.29, 1.82) is 0 Å². The second kappa shape index (κ2) is 5.57. The van der Waals surface area contributed by atoms with Crippen LogP contribution in [0.2, 0.25) is 0 Å². The maximum absolute atomic E-state index is 12.2. The van der Waals surface area contributed by atoms with Crippen molar-refractivity contribution in [2.24, 2.45) is 0 Å². The van der Waals surface area contributed by atoms with Gasteiger partial charge in [-0.05, 0) is 50.3 Å². The average Bonchev–Trinajstić information content (AvgIpc) is 3.27. The second-order valence-corrected chi connectivity index (χ2v) is 6.32. The lowest BCUT2D eigenvalue weighted by Crippen LogP contribution is -2.48. The molecule has 1 saturated carbocycles. The smallest absolute Gasteiger partial charge is 0.237 e. The summed E-state index contributed by atoms with van der Waals surface area (Å²) in [7, 11) is 0. The van der Waals surface area contributed by atoms with Crippen molar-refractivity contribution in [2.75, 3.05) is 13.1 Å². The molecule has 20 heavy (non-hydrogen) atoms. The van der Waals surface area contributed by atoms with Crippen LogP contribution in [0.5, 0.6) is 0 Å². The van der Waals surface area contributed by atoms with Crippen LogP contribution in [0, 0.1) is 6.92 Å². The predicted molar refractivity (Wildman–Crippen MR) is 80.7 cm³/mol. The molecule has 0 spiro atoms. The molecule has 1 aromatic rings. The third kappa shape index (κ3) is 2.73. The van der Waals surface area contributed by atoms with E-state index in [1.165, 1.54) is 30.4 Å². The van der Waals surface area contributed by atoms with Crippen molar-refractivity contribution < 1.29 is 4.79 Å². The normalized spacial score (nSPS) is 24.1. The van der Waals surface area contributed by atoms with Gasteiger partial charge >= 0.3 is 0 Å². The van der Waals surface area contributed by atoms with Gasteiger partial charge in [0.25, 0.3) is 0 Å². The van der Waals surface area contributed by atoms with E-state index in [1.807, 2.05) is 0 Å². The Bertz CT molecular complexity index is 488. The highest BCUT2D eigenvalue weighted by Gasteiger charge is 2.45. The minimum Gasteiger partial charge on any atom is -0.354 e. The van der Waals surface area contributed by atoms with Crippen molar-refractivity contribution in [2.45, 2.75) is 50.5 Å². The minimum atomic E-state index is 0.0245. The number of amides is 1. The van der Waals surface area contributed by atoms with Crippen molar-refractivity contribution >= 4 is 5.91 Å². The summed E-state index contributed by atoms with van der Waals surface area (Å²) in [6, 6.07) is 8.59. The zero-order chi connectivity index (χ0) is 14.0. The van der Waals surface area contributed by atoms with E-state index in [0.717, 1.165) is 25.9 Å². The summed E-state index contributed by atoms with van der Waals surface area (Å²) in [5.41, 5.74) is 2.96. The highest BCUT2D eigenvalue weighted by atomic mass is 16.2. The molecule has 0 radical (unpaired) electrons. The largest absolute Gasteiger partial charge is 0.354 e. The predicted octanol–water partition coefficient (Wildman–Crippen LogP) is 2.28. The Balaban J connectivity index is 1.60. The molecule has 1 unspecified atom stereocenters. The molecule has 1 aromatic carbocycles. The first-order chi connectivity index (χ1) is 9.71. The number of rotatable bonds is 4. The van der Waals surface area contributed by atoms with Gasteiger partial charge in [0.1, 0.15) is 0 Å². The Morgan fingerprint density at radius 3 is 2.80 bits per heavy atom. The van der Waals surface area contributed by atoms with E-state index in [4.69, 9.17) is 0 Å². The fourth-order valence-electron chi connectivity index (χ4n) is 3.32. The van der Waals surface area contributed by atoms with E-state index < -0.39 is 0 Å². The van der Waals surface area contributed by atoms with Gasteiger partial charge in [0.15, 0.2) is 0 Å². The van der Waals surface area contributed by atoms with Gasteiger partial charge < -0.3 is 10.6 Å². The first-order valence-electron chi connectivity index (χ1n) is 7.78. The Morgan fingerprint density at radius 1 is 1.35 bits per heavy atom. The molecule has 2 N–H and O–H groups in total. The average molecular weight is 272 g/mol. The Morgan fingerprint density at radius 2 is 2.15 bits per heavy atom. The van der Waals surface area contributed by atoms with Gasteiger partial charge in [-0.1, -0.05) is 30.7 Å². The topological polar surface area (TPSA) is 41.1 Å². The number of nitrogens with one attached hydrogen (secondary N) is 2. The van der Waals surface area contributed by atoms with Crippen LogP contribution < -0.4 is 10.6 Å². The van der Waals surface area contributed by atoms with Crippen molar-refractivity contribution in [3.63, 3.8) is 0 Å². The van der Waals surface area contributed by atoms with Crippen LogP contribution in [0.3, 0.4) is 0 Å². The van der Waals surface area contributed by atoms with Crippen LogP contribution in [-0.4, -0.2) is 25.0 Å². The van der Waals surface area contributed by atoms with Gasteiger partial charge in [0, 0.05) is 12.0 Å². The lowest BCUT2D eigenvalue weighted by molar-refractivity contribution is -0.123. The standard InChI is InChI=1S/C17H24N2O/c1-13-6-2-3-7-14(13)17(9-10-17)12-19-16(20)15-8-4-5-11-18-15/h2-3,6-7,15,18H,4-5,8-12H2,1H3,(H,19,20). The summed E-state index contributed by atoms with van der Waals surface area (Å²) in [5.74, 6) is 0.185. The highest BCUT2D eigenvalue weighted by molar-refractivity contribution is 5.82. The Hall–Kier alpha value is -1.35. The number of hydrogen-bond acceptors (Lipinski definition) is 2. The maximum atomic E-state index is 12.2. The molecule has 1 aliphatic carbocycles. The number of piperidine rings is 1. The molecule has 3 heteroatoms. The van der Waals surface area contributed by atoms with Crippen LogP contribution in [0.4, 0.5) is 0 Å². The molecular weight excluding hydrogens is 248 g/mol. The minimum absolute atomic E-state index is 0.0245. The van der Waals surface area contributed by atoms with Crippen LogP contribution in [0.1, 0.15) is 43.2 Å². The third-order valence-electron chi connectivity index (χ3n) is 4.80. The van der Waals surface area contributed by atoms with E-state index in [-0.39, 0.29) is 17.4 Å². The van der Waals surface area contributed by atoms with Gasteiger partial charge in [0.05, 0.1) is 6.04 Å². The molecule has 1 aliphatic heterocycles. The molecule has 2 aliphatic rings. The number of benzene rings is 1. The van der Waals surface area contributed by atoms with E-state index in [9.17, 15) is 4.79 Å². The molecule has 3 rings (SSSR count). The first kappa shape index (κ1) is 13.6. The summed E-state index contributed by atoms with van der Waals surface area (Å²) >= 11 is 0. The zero-order valence-corrected chi connectivity index (χ0v) is 12.2. The van der Waals surface area contributed by atoms with E-state index in [1.54, 1.807) is 0 Å². The van der Waals surface area contributed by atoms with Crippen molar-refractivity contribution in [3.05, 3.63) is 35.4 Å². The van der Waals surface area contributed by atoms with Crippen molar-refractivity contribution in [1.82, 2.24) is 10.6 Å². The highest BCUT2D eigenvalue weighted by Crippen LogP contribution is 2.48. The number of carbonyl (C=O) groups is 1. The van der Waals surface area contributed by atoms with Gasteiger partial charge in [-0.3, -0.25) is 4.79 Å². The Labute approximate surface area is 121 Å². The van der Waals surface area contributed by atoms with Gasteiger partial charge in [-0.2, -0.15) is 0 Å². The molecule has 0 bridgehead atoms. The van der Waals surface area contributed by atoms with Crippen molar-refractivity contribution in [3.8, 4) is 0 Å². The summed E-state index contributed by atoms with van der Waals surface area (Å²) in [5, 5.41) is 6.49. The third-order valence-corrected chi connectivity index (χ3v) is 4.80. The molecule has 1 amide bonds. The fraction of sp³-hybridized carbons (Fsp3) is 0.588. The fourth-order valence-corrected chi connectivity index (χ4v) is 3.32. The maximum Gasteiger partial charge on any atom is 0.237 e. The molecule has 0 aromatic heterocycles. The van der Waals surface area contributed by atoms with E-state index in [2.05, 4.69) is 41.8 Å². The second-order valence-electron chi connectivity index (χ2n) is 6.32. The zero-order valence-electron chi connectivity index (χ0n) is 12.2. The van der Waals surface area contributed by atoms with Crippen LogP contribution in [0.25, 0.3) is 0 Å². The number of aryl methyl sites for hydroxylation is 1. The first-order valence-corrected chi connectivity index (χ1v) is 7.78. The molecular formula is C17H24N2O. The summed E-state index contributed by atoms with van der Waals surface area (Å²) in [6.07, 6.45) is 5.71. The molecule has 1 atom stereocenters. The number of hydrogen-bond donors (Lipinski definition) is 2. The molecule has 2 fully saturated rings. The quantitative estimate of drug-likeness (QED) is 0.883.